The monoisotopic (exact) mass is 162 g/mol. The van der Waals surface area contributed by atoms with Gasteiger partial charge in [-0.15, -0.1) is 6.58 Å². The Balaban J connectivity index is 0.000000213. The fourth-order valence-corrected chi connectivity index (χ4v) is 1.97. The molecule has 0 heterocycles. The topological polar surface area (TPSA) is 0 Å². The van der Waals surface area contributed by atoms with E-state index in [1.807, 2.05) is 6.92 Å². The van der Waals surface area contributed by atoms with E-state index >= 15 is 0 Å². The van der Waals surface area contributed by atoms with E-state index in [-0.39, 0.29) is 0 Å². The van der Waals surface area contributed by atoms with Gasteiger partial charge in [0.1, 0.15) is 0 Å². The Morgan fingerprint density at radius 3 is 2.42 bits per heavy atom. The molecule has 0 spiro atoms. The molecule has 1 atom stereocenters. The Kier molecular flexibility index (Phi) is 3.33. The molecule has 0 aromatic carbocycles. The van der Waals surface area contributed by atoms with Crippen molar-refractivity contribution >= 4 is 0 Å². The fraction of sp³-hybridized carbons (Fsp3) is 0.500. The smallest absolute Gasteiger partial charge is 0.0125 e. The molecule has 0 aromatic heterocycles. The normalized spacial score (nSPS) is 28.0. The molecule has 1 unspecified atom stereocenters. The van der Waals surface area contributed by atoms with Crippen molar-refractivity contribution in [1.29, 1.82) is 0 Å². The molecule has 0 aromatic rings. The molecular weight excluding hydrogens is 144 g/mol. The Hall–Kier alpha value is -0.780. The third-order valence-electron chi connectivity index (χ3n) is 2.50. The van der Waals surface area contributed by atoms with Gasteiger partial charge in [0.05, 0.1) is 0 Å². The lowest BCUT2D eigenvalue weighted by Gasteiger charge is -2.06. The number of hydrogen-bond acceptors (Lipinski definition) is 0. The SMILES string of the molecule is C/C=C1\C=C2CCC1C2.C=CC. The predicted molar refractivity (Wildman–Crippen MR) is 55.1 cm³/mol. The van der Waals surface area contributed by atoms with Crippen molar-refractivity contribution in [2.24, 2.45) is 5.92 Å². The lowest BCUT2D eigenvalue weighted by atomic mass is 9.99. The van der Waals surface area contributed by atoms with Gasteiger partial charge in [-0.3, -0.25) is 0 Å². The van der Waals surface area contributed by atoms with E-state index in [0.29, 0.717) is 0 Å². The van der Waals surface area contributed by atoms with Crippen LogP contribution in [0.5, 0.6) is 0 Å². The van der Waals surface area contributed by atoms with Crippen molar-refractivity contribution in [3.8, 4) is 0 Å². The molecule has 2 rings (SSSR count). The Morgan fingerprint density at radius 2 is 2.17 bits per heavy atom. The Labute approximate surface area is 75.7 Å². The standard InChI is InChI=1S/C9H12.C3H6/c1-2-8-5-7-3-4-9(8)6-7;1-3-2/h2,5,9H,3-4,6H2,1H3;3H,1H2,2H3/b8-2+;. The summed E-state index contributed by atoms with van der Waals surface area (Å²) in [5.74, 6) is 0.921. The Bertz CT molecular complexity index is 218. The number of rotatable bonds is 0. The van der Waals surface area contributed by atoms with Crippen molar-refractivity contribution in [3.63, 3.8) is 0 Å². The minimum Gasteiger partial charge on any atom is -0.103 e. The van der Waals surface area contributed by atoms with Gasteiger partial charge in [0, 0.05) is 0 Å². The highest BCUT2D eigenvalue weighted by molar-refractivity contribution is 5.36. The van der Waals surface area contributed by atoms with Crippen LogP contribution < -0.4 is 0 Å². The first kappa shape index (κ1) is 9.31. The van der Waals surface area contributed by atoms with Gasteiger partial charge < -0.3 is 0 Å². The van der Waals surface area contributed by atoms with E-state index in [1.54, 1.807) is 17.2 Å². The van der Waals surface area contributed by atoms with Crippen LogP contribution in [0.3, 0.4) is 0 Å². The van der Waals surface area contributed by atoms with Crippen LogP contribution in [-0.2, 0) is 0 Å². The molecule has 0 amide bonds. The molecule has 0 saturated heterocycles. The quantitative estimate of drug-likeness (QED) is 0.474. The second-order valence-corrected chi connectivity index (χ2v) is 3.44. The lowest BCUT2D eigenvalue weighted by Crippen LogP contribution is -1.92. The lowest BCUT2D eigenvalue weighted by molar-refractivity contribution is 0.671. The fourth-order valence-electron chi connectivity index (χ4n) is 1.97. The molecule has 2 bridgehead atoms. The summed E-state index contributed by atoms with van der Waals surface area (Å²) in [6, 6.07) is 0. The van der Waals surface area contributed by atoms with Crippen molar-refractivity contribution in [3.05, 3.63) is 36.0 Å². The average Bonchev–Trinajstić information content (AvgIpc) is 2.65. The zero-order chi connectivity index (χ0) is 8.97. The molecule has 1 fully saturated rings. The summed E-state index contributed by atoms with van der Waals surface area (Å²) in [4.78, 5) is 0. The largest absolute Gasteiger partial charge is 0.103 e. The second kappa shape index (κ2) is 4.30. The molecule has 66 valence electrons. The van der Waals surface area contributed by atoms with Crippen LogP contribution in [-0.4, -0.2) is 0 Å². The number of fused-ring (bicyclic) bond motifs is 2. The van der Waals surface area contributed by atoms with Gasteiger partial charge in [-0.2, -0.15) is 0 Å². The molecule has 0 N–H and O–H groups in total. The summed E-state index contributed by atoms with van der Waals surface area (Å²) in [5, 5.41) is 0. The van der Waals surface area contributed by atoms with Gasteiger partial charge in [0.25, 0.3) is 0 Å². The molecule has 12 heavy (non-hydrogen) atoms. The number of hydrogen-bond donors (Lipinski definition) is 0. The van der Waals surface area contributed by atoms with Crippen molar-refractivity contribution in [2.45, 2.75) is 33.1 Å². The molecule has 0 aliphatic heterocycles. The first-order valence-corrected chi connectivity index (χ1v) is 4.74. The highest BCUT2D eigenvalue weighted by Crippen LogP contribution is 2.42. The van der Waals surface area contributed by atoms with Crippen molar-refractivity contribution in [2.75, 3.05) is 0 Å². The second-order valence-electron chi connectivity index (χ2n) is 3.44. The van der Waals surface area contributed by atoms with Crippen molar-refractivity contribution < 1.29 is 0 Å². The zero-order valence-corrected chi connectivity index (χ0v) is 8.14. The maximum Gasteiger partial charge on any atom is -0.0125 e. The van der Waals surface area contributed by atoms with Gasteiger partial charge in [-0.1, -0.05) is 23.8 Å². The minimum absolute atomic E-state index is 0.921. The third-order valence-corrected chi connectivity index (χ3v) is 2.50. The van der Waals surface area contributed by atoms with E-state index in [9.17, 15) is 0 Å². The summed E-state index contributed by atoms with van der Waals surface area (Å²) in [6.07, 6.45) is 10.6. The van der Waals surface area contributed by atoms with Gasteiger partial charge in [-0.05, 0) is 44.6 Å². The molecule has 0 radical (unpaired) electrons. The van der Waals surface area contributed by atoms with Crippen LogP contribution in [0.1, 0.15) is 33.1 Å². The highest BCUT2D eigenvalue weighted by atomic mass is 14.3. The molecule has 2 aliphatic carbocycles. The maximum atomic E-state index is 3.36. The number of allylic oxidation sites excluding steroid dienone is 5. The van der Waals surface area contributed by atoms with Gasteiger partial charge in [0.15, 0.2) is 0 Å². The van der Waals surface area contributed by atoms with Gasteiger partial charge >= 0.3 is 0 Å². The van der Waals surface area contributed by atoms with Gasteiger partial charge in [0.2, 0.25) is 0 Å². The first-order valence-electron chi connectivity index (χ1n) is 4.74. The third kappa shape index (κ3) is 1.88. The van der Waals surface area contributed by atoms with Crippen LogP contribution in [0.4, 0.5) is 0 Å². The molecular formula is C12H18. The maximum absolute atomic E-state index is 3.36. The van der Waals surface area contributed by atoms with E-state index in [4.69, 9.17) is 0 Å². The van der Waals surface area contributed by atoms with E-state index in [0.717, 1.165) is 5.92 Å². The predicted octanol–water partition coefficient (Wildman–Crippen LogP) is 3.87. The molecule has 0 heteroatoms. The van der Waals surface area contributed by atoms with E-state index in [2.05, 4.69) is 25.7 Å². The van der Waals surface area contributed by atoms with Crippen molar-refractivity contribution in [1.82, 2.24) is 0 Å². The van der Waals surface area contributed by atoms with Gasteiger partial charge in [-0.25, -0.2) is 0 Å². The van der Waals surface area contributed by atoms with Crippen LogP contribution in [0.2, 0.25) is 0 Å². The minimum atomic E-state index is 0.921. The van der Waals surface area contributed by atoms with Crippen LogP contribution in [0.15, 0.2) is 36.0 Å². The summed E-state index contributed by atoms with van der Waals surface area (Å²) in [6.45, 7) is 7.40. The summed E-state index contributed by atoms with van der Waals surface area (Å²) in [7, 11) is 0. The molecule has 2 aliphatic rings. The first-order chi connectivity index (χ1) is 5.81. The summed E-state index contributed by atoms with van der Waals surface area (Å²) >= 11 is 0. The Morgan fingerprint density at radius 1 is 1.50 bits per heavy atom. The summed E-state index contributed by atoms with van der Waals surface area (Å²) < 4.78 is 0. The van der Waals surface area contributed by atoms with Crippen LogP contribution in [0, 0.1) is 5.92 Å². The van der Waals surface area contributed by atoms with E-state index < -0.39 is 0 Å². The highest BCUT2D eigenvalue weighted by Gasteiger charge is 2.27. The summed E-state index contributed by atoms with van der Waals surface area (Å²) in [5.41, 5.74) is 3.28. The molecule has 1 saturated carbocycles. The molecule has 0 nitrogen and oxygen atoms in total. The average molecular weight is 162 g/mol. The van der Waals surface area contributed by atoms with Crippen LogP contribution in [0.25, 0.3) is 0 Å². The zero-order valence-electron chi connectivity index (χ0n) is 8.14. The van der Waals surface area contributed by atoms with Crippen LogP contribution >= 0.6 is 0 Å². The van der Waals surface area contributed by atoms with E-state index in [1.165, 1.54) is 19.3 Å².